The van der Waals surface area contributed by atoms with Crippen LogP contribution in [0, 0.1) is 12.7 Å². The third kappa shape index (κ3) is 4.54. The minimum Gasteiger partial charge on any atom is -0.348 e. The molecule has 1 amide bonds. The Labute approximate surface area is 170 Å². The number of benzene rings is 2. The number of imidazole rings is 1. The van der Waals surface area contributed by atoms with Crippen LogP contribution in [0.1, 0.15) is 40.2 Å². The van der Waals surface area contributed by atoms with Crippen LogP contribution in [-0.4, -0.2) is 33.4 Å². The van der Waals surface area contributed by atoms with Crippen molar-refractivity contribution in [3.05, 3.63) is 83.2 Å². The molecule has 3 aromatic rings. The zero-order chi connectivity index (χ0) is 20.2. The molecule has 0 atom stereocenters. The Hall–Kier alpha value is -2.99. The van der Waals surface area contributed by atoms with Gasteiger partial charge in [-0.3, -0.25) is 9.69 Å². The molecule has 0 radical (unpaired) electrons. The Bertz CT molecular complexity index is 1010. The molecule has 1 saturated heterocycles. The van der Waals surface area contributed by atoms with E-state index in [1.54, 1.807) is 23.0 Å². The van der Waals surface area contributed by atoms with E-state index in [9.17, 15) is 9.18 Å². The van der Waals surface area contributed by atoms with Crippen LogP contribution >= 0.6 is 0 Å². The van der Waals surface area contributed by atoms with Gasteiger partial charge < -0.3 is 9.88 Å². The van der Waals surface area contributed by atoms with E-state index >= 15 is 0 Å². The molecular formula is C23H25FN4O. The van der Waals surface area contributed by atoms with Gasteiger partial charge in [-0.1, -0.05) is 18.2 Å². The SMILES string of the molecule is Cc1nccn1-c1ccc(CNC(=O)c2cccc(CN3CCCC3)c2)cc1F. The summed E-state index contributed by atoms with van der Waals surface area (Å²) in [6.07, 6.45) is 5.86. The van der Waals surface area contributed by atoms with Gasteiger partial charge in [-0.05, 0) is 68.2 Å². The van der Waals surface area contributed by atoms with Gasteiger partial charge >= 0.3 is 0 Å². The molecule has 1 aromatic heterocycles. The van der Waals surface area contributed by atoms with Gasteiger partial charge in [0.1, 0.15) is 11.6 Å². The number of hydrogen-bond acceptors (Lipinski definition) is 3. The van der Waals surface area contributed by atoms with Gasteiger partial charge in [-0.2, -0.15) is 0 Å². The van der Waals surface area contributed by atoms with Crippen LogP contribution in [0.15, 0.2) is 54.9 Å². The monoisotopic (exact) mass is 392 g/mol. The van der Waals surface area contributed by atoms with Gasteiger partial charge in [0.15, 0.2) is 0 Å². The van der Waals surface area contributed by atoms with Crippen LogP contribution in [0.5, 0.6) is 0 Å². The van der Waals surface area contributed by atoms with Gasteiger partial charge in [0.25, 0.3) is 5.91 Å². The van der Waals surface area contributed by atoms with Gasteiger partial charge in [0.2, 0.25) is 0 Å². The number of likely N-dealkylation sites (tertiary alicyclic amines) is 1. The van der Waals surface area contributed by atoms with Crippen LogP contribution in [0.25, 0.3) is 5.69 Å². The van der Waals surface area contributed by atoms with E-state index in [0.717, 1.165) is 31.0 Å². The minimum absolute atomic E-state index is 0.150. The Kier molecular flexibility index (Phi) is 5.71. The highest BCUT2D eigenvalue weighted by Crippen LogP contribution is 2.17. The number of hydrogen-bond donors (Lipinski definition) is 1. The molecule has 1 aliphatic rings. The van der Waals surface area contributed by atoms with E-state index in [-0.39, 0.29) is 18.3 Å². The molecule has 1 fully saturated rings. The molecule has 4 rings (SSSR count). The third-order valence-corrected chi connectivity index (χ3v) is 5.34. The highest BCUT2D eigenvalue weighted by Gasteiger charge is 2.13. The number of aryl methyl sites for hydroxylation is 1. The van der Waals surface area contributed by atoms with E-state index in [1.165, 1.54) is 18.9 Å². The van der Waals surface area contributed by atoms with Gasteiger partial charge in [0.05, 0.1) is 5.69 Å². The summed E-state index contributed by atoms with van der Waals surface area (Å²) in [5.41, 5.74) is 2.94. The van der Waals surface area contributed by atoms with Crippen LogP contribution < -0.4 is 5.32 Å². The third-order valence-electron chi connectivity index (χ3n) is 5.34. The van der Waals surface area contributed by atoms with Crippen molar-refractivity contribution in [2.45, 2.75) is 32.9 Å². The van der Waals surface area contributed by atoms with Crippen molar-refractivity contribution >= 4 is 5.91 Å². The molecule has 0 saturated carbocycles. The smallest absolute Gasteiger partial charge is 0.251 e. The zero-order valence-electron chi connectivity index (χ0n) is 16.6. The maximum absolute atomic E-state index is 14.5. The van der Waals surface area contributed by atoms with Gasteiger partial charge in [0, 0.05) is 31.0 Å². The second-order valence-corrected chi connectivity index (χ2v) is 7.50. The van der Waals surface area contributed by atoms with Crippen molar-refractivity contribution in [3.63, 3.8) is 0 Å². The Morgan fingerprint density at radius 1 is 1.14 bits per heavy atom. The van der Waals surface area contributed by atoms with Gasteiger partial charge in [-0.15, -0.1) is 0 Å². The predicted molar refractivity (Wildman–Crippen MR) is 110 cm³/mol. The van der Waals surface area contributed by atoms with Crippen LogP contribution in [0.3, 0.4) is 0 Å². The van der Waals surface area contributed by atoms with Crippen molar-refractivity contribution in [2.24, 2.45) is 0 Å². The maximum atomic E-state index is 14.5. The summed E-state index contributed by atoms with van der Waals surface area (Å²) >= 11 is 0. The fraction of sp³-hybridized carbons (Fsp3) is 0.304. The zero-order valence-corrected chi connectivity index (χ0v) is 16.6. The van der Waals surface area contributed by atoms with Crippen molar-refractivity contribution in [3.8, 4) is 5.69 Å². The van der Waals surface area contributed by atoms with Crippen molar-refractivity contribution in [1.82, 2.24) is 19.8 Å². The summed E-state index contributed by atoms with van der Waals surface area (Å²) in [6, 6.07) is 12.7. The fourth-order valence-electron chi connectivity index (χ4n) is 3.78. The van der Waals surface area contributed by atoms with Crippen LogP contribution in [0.2, 0.25) is 0 Å². The first-order valence-electron chi connectivity index (χ1n) is 9.98. The largest absolute Gasteiger partial charge is 0.348 e. The number of carbonyl (C=O) groups is 1. The Morgan fingerprint density at radius 2 is 1.97 bits per heavy atom. The molecule has 150 valence electrons. The van der Waals surface area contributed by atoms with Crippen LogP contribution in [0.4, 0.5) is 4.39 Å². The second kappa shape index (κ2) is 8.57. The quantitative estimate of drug-likeness (QED) is 0.693. The molecule has 29 heavy (non-hydrogen) atoms. The van der Waals surface area contributed by atoms with E-state index in [1.807, 2.05) is 31.2 Å². The predicted octanol–water partition coefficient (Wildman–Crippen LogP) is 3.85. The summed E-state index contributed by atoms with van der Waals surface area (Å²) in [4.78, 5) is 19.1. The lowest BCUT2D eigenvalue weighted by molar-refractivity contribution is 0.0950. The molecule has 2 heterocycles. The number of rotatable bonds is 6. The molecule has 0 spiro atoms. The molecule has 0 bridgehead atoms. The van der Waals surface area contributed by atoms with E-state index in [4.69, 9.17) is 0 Å². The number of aromatic nitrogens is 2. The molecular weight excluding hydrogens is 367 g/mol. The standard InChI is InChI=1S/C23H25FN4O/c1-17-25-9-12-28(17)22-8-7-18(14-21(22)24)15-26-23(29)20-6-4-5-19(13-20)16-27-10-2-3-11-27/h4-9,12-14H,2-3,10-11,15-16H2,1H3,(H,26,29). The summed E-state index contributed by atoms with van der Waals surface area (Å²) < 4.78 is 16.2. The van der Waals surface area contributed by atoms with E-state index < -0.39 is 0 Å². The van der Waals surface area contributed by atoms with E-state index in [2.05, 4.69) is 21.3 Å². The first kappa shape index (κ1) is 19.3. The average molecular weight is 392 g/mol. The molecule has 1 N–H and O–H groups in total. The molecule has 0 aliphatic carbocycles. The molecule has 5 nitrogen and oxygen atoms in total. The Balaban J connectivity index is 1.39. The lowest BCUT2D eigenvalue weighted by Gasteiger charge is -2.15. The van der Waals surface area contributed by atoms with Crippen molar-refractivity contribution < 1.29 is 9.18 Å². The van der Waals surface area contributed by atoms with Crippen molar-refractivity contribution in [1.29, 1.82) is 0 Å². The first-order chi connectivity index (χ1) is 14.1. The molecule has 2 aromatic carbocycles. The number of nitrogens with zero attached hydrogens (tertiary/aromatic N) is 3. The second-order valence-electron chi connectivity index (χ2n) is 7.50. The first-order valence-corrected chi connectivity index (χ1v) is 9.98. The fourth-order valence-corrected chi connectivity index (χ4v) is 3.78. The average Bonchev–Trinajstić information content (AvgIpc) is 3.38. The van der Waals surface area contributed by atoms with Crippen molar-refractivity contribution in [2.75, 3.05) is 13.1 Å². The summed E-state index contributed by atoms with van der Waals surface area (Å²) in [5, 5.41) is 2.89. The Morgan fingerprint density at radius 3 is 2.69 bits per heavy atom. The van der Waals surface area contributed by atoms with E-state index in [0.29, 0.717) is 16.8 Å². The highest BCUT2D eigenvalue weighted by molar-refractivity contribution is 5.94. The summed E-state index contributed by atoms with van der Waals surface area (Å²) in [5.74, 6) is 0.229. The summed E-state index contributed by atoms with van der Waals surface area (Å²) in [7, 11) is 0. The topological polar surface area (TPSA) is 50.2 Å². The molecule has 0 unspecified atom stereocenters. The normalized spacial score (nSPS) is 14.3. The maximum Gasteiger partial charge on any atom is 0.251 e. The lowest BCUT2D eigenvalue weighted by Crippen LogP contribution is -2.23. The van der Waals surface area contributed by atoms with Crippen LogP contribution in [-0.2, 0) is 13.1 Å². The number of halogens is 1. The highest BCUT2D eigenvalue weighted by atomic mass is 19.1. The molecule has 1 aliphatic heterocycles. The lowest BCUT2D eigenvalue weighted by atomic mass is 10.1. The minimum atomic E-state index is -0.342. The van der Waals surface area contributed by atoms with Gasteiger partial charge in [-0.25, -0.2) is 9.37 Å². The number of amides is 1. The number of carbonyl (C=O) groups excluding carboxylic acids is 1. The number of nitrogens with one attached hydrogen (secondary N) is 1. The summed E-state index contributed by atoms with van der Waals surface area (Å²) in [6.45, 7) is 5.22. The molecule has 6 heteroatoms.